The van der Waals surface area contributed by atoms with Gasteiger partial charge in [0.2, 0.25) is 5.91 Å². The maximum Gasteiger partial charge on any atom is 0.326 e. The van der Waals surface area contributed by atoms with Crippen molar-refractivity contribution in [2.24, 2.45) is 5.92 Å². The lowest BCUT2D eigenvalue weighted by Gasteiger charge is -2.24. The van der Waals surface area contributed by atoms with Crippen LogP contribution in [0.2, 0.25) is 0 Å². The van der Waals surface area contributed by atoms with Crippen molar-refractivity contribution >= 4 is 24.5 Å². The molecule has 1 fully saturated rings. The summed E-state index contributed by atoms with van der Waals surface area (Å²) >= 11 is 4.16. The van der Waals surface area contributed by atoms with E-state index in [1.165, 1.54) is 4.90 Å². The molecule has 0 saturated carbocycles. The molecule has 3 atom stereocenters. The molecule has 1 amide bonds. The molecule has 1 heterocycles. The Morgan fingerprint density at radius 3 is 2.37 bits per heavy atom. The molecule has 5 nitrogen and oxygen atoms in total. The van der Waals surface area contributed by atoms with Crippen LogP contribution in [0.4, 0.5) is 0 Å². The van der Waals surface area contributed by atoms with E-state index < -0.39 is 12.0 Å². The second kappa shape index (κ2) is 8.48. The zero-order valence-corrected chi connectivity index (χ0v) is 16.0. The number of amides is 1. The Balaban J connectivity index is 1.72. The smallest absolute Gasteiger partial charge is 0.326 e. The lowest BCUT2D eigenvalue weighted by Crippen LogP contribution is -2.43. The summed E-state index contributed by atoms with van der Waals surface area (Å²) in [7, 11) is 0. The monoisotopic (exact) mass is 385 g/mol. The Hall–Kier alpha value is -2.47. The zero-order chi connectivity index (χ0) is 19.4. The van der Waals surface area contributed by atoms with Crippen LogP contribution in [0.1, 0.15) is 24.8 Å². The summed E-state index contributed by atoms with van der Waals surface area (Å²) in [6.45, 7) is 2.18. The Labute approximate surface area is 164 Å². The number of nitrogens with zero attached hydrogens (tertiary/aromatic N) is 1. The van der Waals surface area contributed by atoms with Gasteiger partial charge in [0.05, 0.1) is 0 Å². The van der Waals surface area contributed by atoms with Crippen molar-refractivity contribution in [3.63, 3.8) is 0 Å². The Morgan fingerprint density at radius 2 is 1.78 bits per heavy atom. The number of hydrogen-bond donors (Lipinski definition) is 2. The standard InChI is InChI=1S/C21H23NO4S/c1-14(13-27)20(23)22-12-16(11-19(22)21(24)25)15-7-9-18(10-8-15)26-17-5-3-2-4-6-17/h2-10,14,16,19,27H,11-13H2,1H3,(H,24,25)/t14?,16?,19-/m0/s1. The number of thiol groups is 1. The van der Waals surface area contributed by atoms with Gasteiger partial charge in [0.1, 0.15) is 17.5 Å². The average molecular weight is 385 g/mol. The van der Waals surface area contributed by atoms with Gasteiger partial charge in [-0.15, -0.1) is 0 Å². The van der Waals surface area contributed by atoms with Crippen molar-refractivity contribution in [1.82, 2.24) is 4.90 Å². The van der Waals surface area contributed by atoms with Gasteiger partial charge in [-0.05, 0) is 36.2 Å². The molecule has 1 aliphatic rings. The lowest BCUT2D eigenvalue weighted by atomic mass is 9.96. The first-order chi connectivity index (χ1) is 13.0. The number of carboxylic acid groups (broad SMARTS) is 1. The summed E-state index contributed by atoms with van der Waals surface area (Å²) in [6, 6.07) is 16.4. The number of likely N-dealkylation sites (tertiary alicyclic amines) is 1. The highest BCUT2D eigenvalue weighted by molar-refractivity contribution is 7.80. The molecule has 142 valence electrons. The van der Waals surface area contributed by atoms with Gasteiger partial charge in [-0.1, -0.05) is 37.3 Å². The number of carbonyl (C=O) groups excluding carboxylic acids is 1. The minimum absolute atomic E-state index is 0.00653. The molecule has 2 aromatic carbocycles. The molecule has 1 aliphatic heterocycles. The van der Waals surface area contributed by atoms with E-state index in [1.807, 2.05) is 54.6 Å². The van der Waals surface area contributed by atoms with Crippen LogP contribution in [-0.2, 0) is 9.59 Å². The number of rotatable bonds is 6. The predicted octanol–water partition coefficient (Wildman–Crippen LogP) is 3.81. The summed E-state index contributed by atoms with van der Waals surface area (Å²) < 4.78 is 5.79. The first kappa shape index (κ1) is 19.3. The summed E-state index contributed by atoms with van der Waals surface area (Å²) in [5.41, 5.74) is 1.01. The fourth-order valence-electron chi connectivity index (χ4n) is 3.35. The Bertz CT molecular complexity index is 794. The van der Waals surface area contributed by atoms with Crippen molar-refractivity contribution < 1.29 is 19.4 Å². The predicted molar refractivity (Wildman–Crippen MR) is 106 cm³/mol. The van der Waals surface area contributed by atoms with Gasteiger partial charge in [-0.3, -0.25) is 4.79 Å². The van der Waals surface area contributed by atoms with Crippen LogP contribution in [0.3, 0.4) is 0 Å². The van der Waals surface area contributed by atoms with E-state index in [1.54, 1.807) is 6.92 Å². The summed E-state index contributed by atoms with van der Waals surface area (Å²) in [5, 5.41) is 9.53. The van der Waals surface area contributed by atoms with E-state index in [0.29, 0.717) is 18.7 Å². The van der Waals surface area contributed by atoms with Crippen LogP contribution in [0.5, 0.6) is 11.5 Å². The fourth-order valence-corrected chi connectivity index (χ4v) is 3.51. The van der Waals surface area contributed by atoms with E-state index in [2.05, 4.69) is 12.6 Å². The third-order valence-electron chi connectivity index (χ3n) is 4.90. The molecule has 2 unspecified atom stereocenters. The quantitative estimate of drug-likeness (QED) is 0.742. The van der Waals surface area contributed by atoms with Crippen LogP contribution in [-0.4, -0.2) is 40.2 Å². The topological polar surface area (TPSA) is 66.8 Å². The van der Waals surface area contributed by atoms with E-state index in [0.717, 1.165) is 17.1 Å². The highest BCUT2D eigenvalue weighted by Gasteiger charge is 2.41. The SMILES string of the molecule is CC(CS)C(=O)N1CC(c2ccc(Oc3ccccc3)cc2)C[C@H]1C(=O)O. The van der Waals surface area contributed by atoms with Crippen LogP contribution >= 0.6 is 12.6 Å². The first-order valence-electron chi connectivity index (χ1n) is 8.96. The molecule has 0 aliphatic carbocycles. The van der Waals surface area contributed by atoms with Crippen LogP contribution < -0.4 is 4.74 Å². The van der Waals surface area contributed by atoms with E-state index in [4.69, 9.17) is 4.74 Å². The summed E-state index contributed by atoms with van der Waals surface area (Å²) in [4.78, 5) is 25.6. The van der Waals surface area contributed by atoms with Gasteiger partial charge in [-0.2, -0.15) is 12.6 Å². The van der Waals surface area contributed by atoms with Gasteiger partial charge < -0.3 is 14.7 Å². The maximum absolute atomic E-state index is 12.5. The summed E-state index contributed by atoms with van der Waals surface area (Å²) in [6.07, 6.45) is 0.416. The van der Waals surface area contributed by atoms with Crippen molar-refractivity contribution in [1.29, 1.82) is 0 Å². The molecule has 0 aromatic heterocycles. The molecule has 6 heteroatoms. The minimum atomic E-state index is -0.957. The molecule has 0 bridgehead atoms. The molecule has 0 radical (unpaired) electrons. The number of carboxylic acids is 1. The van der Waals surface area contributed by atoms with Gasteiger partial charge in [0, 0.05) is 24.1 Å². The number of aliphatic carboxylic acids is 1. The van der Waals surface area contributed by atoms with E-state index in [-0.39, 0.29) is 17.7 Å². The van der Waals surface area contributed by atoms with E-state index in [9.17, 15) is 14.7 Å². The largest absolute Gasteiger partial charge is 0.480 e. The average Bonchev–Trinajstić information content (AvgIpc) is 3.14. The van der Waals surface area contributed by atoms with Gasteiger partial charge in [-0.25, -0.2) is 4.79 Å². The maximum atomic E-state index is 12.5. The number of carbonyl (C=O) groups is 2. The van der Waals surface area contributed by atoms with Crippen LogP contribution in [0.15, 0.2) is 54.6 Å². The molecule has 3 rings (SSSR count). The number of ether oxygens (including phenoxy) is 1. The lowest BCUT2D eigenvalue weighted by molar-refractivity contribution is -0.149. The van der Waals surface area contributed by atoms with Crippen molar-refractivity contribution in [2.45, 2.75) is 25.3 Å². The number of benzene rings is 2. The highest BCUT2D eigenvalue weighted by atomic mass is 32.1. The number of hydrogen-bond acceptors (Lipinski definition) is 4. The fraction of sp³-hybridized carbons (Fsp3) is 0.333. The zero-order valence-electron chi connectivity index (χ0n) is 15.1. The second-order valence-corrected chi connectivity index (χ2v) is 7.21. The van der Waals surface area contributed by atoms with Crippen molar-refractivity contribution in [3.8, 4) is 11.5 Å². The summed E-state index contributed by atoms with van der Waals surface area (Å²) in [5.74, 6) is 0.468. The first-order valence-corrected chi connectivity index (χ1v) is 9.60. The molecular formula is C21H23NO4S. The van der Waals surface area contributed by atoms with Gasteiger partial charge >= 0.3 is 5.97 Å². The number of para-hydroxylation sites is 1. The van der Waals surface area contributed by atoms with E-state index >= 15 is 0 Å². The third kappa shape index (κ3) is 4.45. The molecule has 1 N–H and O–H groups in total. The Kier molecular flexibility index (Phi) is 6.06. The van der Waals surface area contributed by atoms with Gasteiger partial charge in [0.25, 0.3) is 0 Å². The molecule has 27 heavy (non-hydrogen) atoms. The van der Waals surface area contributed by atoms with Crippen molar-refractivity contribution in [3.05, 3.63) is 60.2 Å². The second-order valence-electron chi connectivity index (χ2n) is 6.85. The molecule has 0 spiro atoms. The highest BCUT2D eigenvalue weighted by Crippen LogP contribution is 2.34. The van der Waals surface area contributed by atoms with Crippen molar-refractivity contribution in [2.75, 3.05) is 12.3 Å². The molecule has 1 saturated heterocycles. The molecule has 2 aromatic rings. The molecular weight excluding hydrogens is 362 g/mol. The van der Waals surface area contributed by atoms with Crippen LogP contribution in [0.25, 0.3) is 0 Å². The van der Waals surface area contributed by atoms with Gasteiger partial charge in [0.15, 0.2) is 0 Å². The Morgan fingerprint density at radius 1 is 1.15 bits per heavy atom. The van der Waals surface area contributed by atoms with Crippen LogP contribution in [0, 0.1) is 5.92 Å². The normalized spacial score (nSPS) is 20.3. The third-order valence-corrected chi connectivity index (χ3v) is 5.44. The minimum Gasteiger partial charge on any atom is -0.480 e.